The molecule has 0 radical (unpaired) electrons. The molecule has 1 aliphatic rings. The SMILES string of the molecule is CCN(CC)C1CCC(C(C)(C)C)CC1. The van der Waals surface area contributed by atoms with Gasteiger partial charge in [-0.15, -0.1) is 0 Å². The minimum absolute atomic E-state index is 0.522. The lowest BCUT2D eigenvalue weighted by atomic mass is 9.71. The summed E-state index contributed by atoms with van der Waals surface area (Å²) >= 11 is 0. The molecule has 0 spiro atoms. The largest absolute Gasteiger partial charge is 0.301 e. The third-order valence-electron chi connectivity index (χ3n) is 4.25. The molecule has 0 amide bonds. The second-order valence-corrected chi connectivity index (χ2v) is 6.09. The lowest BCUT2D eigenvalue weighted by Crippen LogP contribution is -2.39. The van der Waals surface area contributed by atoms with E-state index in [0.29, 0.717) is 5.41 Å². The van der Waals surface area contributed by atoms with Crippen molar-refractivity contribution in [3.63, 3.8) is 0 Å². The molecule has 1 fully saturated rings. The van der Waals surface area contributed by atoms with Gasteiger partial charge in [0.1, 0.15) is 0 Å². The van der Waals surface area contributed by atoms with Gasteiger partial charge in [-0.3, -0.25) is 0 Å². The Bertz CT molecular complexity index is 168. The van der Waals surface area contributed by atoms with Crippen LogP contribution in [0.25, 0.3) is 0 Å². The van der Waals surface area contributed by atoms with Gasteiger partial charge in [0.2, 0.25) is 0 Å². The highest BCUT2D eigenvalue weighted by atomic mass is 15.1. The van der Waals surface area contributed by atoms with Gasteiger partial charge in [0.15, 0.2) is 0 Å². The Labute approximate surface area is 96.2 Å². The maximum Gasteiger partial charge on any atom is 0.00952 e. The Hall–Kier alpha value is -0.0400. The van der Waals surface area contributed by atoms with Gasteiger partial charge in [-0.25, -0.2) is 0 Å². The van der Waals surface area contributed by atoms with Crippen LogP contribution < -0.4 is 0 Å². The number of nitrogens with zero attached hydrogens (tertiary/aromatic N) is 1. The highest BCUT2D eigenvalue weighted by Crippen LogP contribution is 2.38. The summed E-state index contributed by atoms with van der Waals surface area (Å²) in [5, 5.41) is 0. The number of hydrogen-bond donors (Lipinski definition) is 0. The molecule has 0 aromatic heterocycles. The Kier molecular flexibility index (Phi) is 4.64. The van der Waals surface area contributed by atoms with Crippen molar-refractivity contribution < 1.29 is 0 Å². The topological polar surface area (TPSA) is 3.24 Å². The van der Waals surface area contributed by atoms with Crippen LogP contribution >= 0.6 is 0 Å². The first-order valence-electron chi connectivity index (χ1n) is 6.73. The second kappa shape index (κ2) is 5.34. The van der Waals surface area contributed by atoms with E-state index in [9.17, 15) is 0 Å². The van der Waals surface area contributed by atoms with E-state index in [-0.39, 0.29) is 0 Å². The smallest absolute Gasteiger partial charge is 0.00952 e. The number of rotatable bonds is 3. The van der Waals surface area contributed by atoms with Crippen molar-refractivity contribution in [1.82, 2.24) is 4.90 Å². The minimum atomic E-state index is 0.522. The molecule has 0 aromatic rings. The van der Waals surface area contributed by atoms with Gasteiger partial charge in [-0.1, -0.05) is 34.6 Å². The summed E-state index contributed by atoms with van der Waals surface area (Å²) in [7, 11) is 0. The monoisotopic (exact) mass is 211 g/mol. The van der Waals surface area contributed by atoms with Gasteiger partial charge in [-0.2, -0.15) is 0 Å². The standard InChI is InChI=1S/C14H29N/c1-6-15(7-2)13-10-8-12(9-11-13)14(3,4)5/h12-13H,6-11H2,1-5H3. The van der Waals surface area contributed by atoms with Crippen molar-refractivity contribution in [2.75, 3.05) is 13.1 Å². The van der Waals surface area contributed by atoms with Crippen molar-refractivity contribution in [3.05, 3.63) is 0 Å². The van der Waals surface area contributed by atoms with E-state index < -0.39 is 0 Å². The maximum atomic E-state index is 2.64. The van der Waals surface area contributed by atoms with E-state index in [4.69, 9.17) is 0 Å². The van der Waals surface area contributed by atoms with E-state index >= 15 is 0 Å². The van der Waals surface area contributed by atoms with Crippen LogP contribution in [0, 0.1) is 11.3 Å². The Balaban J connectivity index is 2.42. The molecular formula is C14H29N. The summed E-state index contributed by atoms with van der Waals surface area (Å²) in [5.41, 5.74) is 0.522. The Morgan fingerprint density at radius 2 is 1.40 bits per heavy atom. The summed E-state index contributed by atoms with van der Waals surface area (Å²) in [5.74, 6) is 0.948. The second-order valence-electron chi connectivity index (χ2n) is 6.09. The zero-order valence-electron chi connectivity index (χ0n) is 11.3. The van der Waals surface area contributed by atoms with Gasteiger partial charge in [-0.05, 0) is 50.1 Å². The average Bonchev–Trinajstić information content (AvgIpc) is 2.19. The van der Waals surface area contributed by atoms with Crippen LogP contribution in [-0.4, -0.2) is 24.0 Å². The average molecular weight is 211 g/mol. The quantitative estimate of drug-likeness (QED) is 0.683. The van der Waals surface area contributed by atoms with Crippen molar-refractivity contribution in [2.24, 2.45) is 11.3 Å². The summed E-state index contributed by atoms with van der Waals surface area (Å²) < 4.78 is 0. The van der Waals surface area contributed by atoms with Gasteiger partial charge in [0.25, 0.3) is 0 Å². The first kappa shape index (κ1) is 13.0. The molecule has 0 heterocycles. The predicted octanol–water partition coefficient (Wildman–Crippen LogP) is 3.93. The molecule has 0 unspecified atom stereocenters. The lowest BCUT2D eigenvalue weighted by molar-refractivity contribution is 0.102. The van der Waals surface area contributed by atoms with Crippen LogP contribution in [0.5, 0.6) is 0 Å². The summed E-state index contributed by atoms with van der Waals surface area (Å²) in [6, 6.07) is 0.874. The lowest BCUT2D eigenvalue weighted by Gasteiger charge is -2.40. The van der Waals surface area contributed by atoms with Crippen LogP contribution in [0.1, 0.15) is 60.3 Å². The first-order valence-corrected chi connectivity index (χ1v) is 6.73. The molecule has 15 heavy (non-hydrogen) atoms. The molecule has 1 saturated carbocycles. The number of hydrogen-bond acceptors (Lipinski definition) is 1. The summed E-state index contributed by atoms with van der Waals surface area (Å²) in [6.45, 7) is 14.2. The van der Waals surface area contributed by atoms with Crippen molar-refractivity contribution >= 4 is 0 Å². The Morgan fingerprint density at radius 1 is 0.933 bits per heavy atom. The fourth-order valence-corrected chi connectivity index (χ4v) is 3.05. The van der Waals surface area contributed by atoms with Crippen LogP contribution in [0.3, 0.4) is 0 Å². The molecule has 90 valence electrons. The molecule has 0 aliphatic heterocycles. The third-order valence-corrected chi connectivity index (χ3v) is 4.25. The summed E-state index contributed by atoms with van der Waals surface area (Å²) in [4.78, 5) is 2.64. The van der Waals surface area contributed by atoms with Crippen LogP contribution in [-0.2, 0) is 0 Å². The molecule has 1 heteroatoms. The molecule has 0 saturated heterocycles. The molecule has 0 atom stereocenters. The normalized spacial score (nSPS) is 28.4. The maximum absolute atomic E-state index is 2.64. The van der Waals surface area contributed by atoms with Gasteiger partial charge in [0, 0.05) is 6.04 Å². The van der Waals surface area contributed by atoms with Gasteiger partial charge < -0.3 is 4.90 Å². The van der Waals surface area contributed by atoms with E-state index in [0.717, 1.165) is 12.0 Å². The van der Waals surface area contributed by atoms with Gasteiger partial charge >= 0.3 is 0 Å². The van der Waals surface area contributed by atoms with E-state index in [1.807, 2.05) is 0 Å². The highest BCUT2D eigenvalue weighted by Gasteiger charge is 2.30. The molecule has 0 N–H and O–H groups in total. The molecule has 1 nitrogen and oxygen atoms in total. The highest BCUT2D eigenvalue weighted by molar-refractivity contribution is 4.84. The van der Waals surface area contributed by atoms with E-state index in [1.165, 1.54) is 38.8 Å². The van der Waals surface area contributed by atoms with E-state index in [2.05, 4.69) is 39.5 Å². The van der Waals surface area contributed by atoms with Gasteiger partial charge in [0.05, 0.1) is 0 Å². The van der Waals surface area contributed by atoms with Crippen molar-refractivity contribution in [2.45, 2.75) is 66.3 Å². The predicted molar refractivity (Wildman–Crippen MR) is 68.1 cm³/mol. The molecule has 0 bridgehead atoms. The Morgan fingerprint density at radius 3 is 1.73 bits per heavy atom. The molecular weight excluding hydrogens is 182 g/mol. The van der Waals surface area contributed by atoms with Crippen LogP contribution in [0.15, 0.2) is 0 Å². The fourth-order valence-electron chi connectivity index (χ4n) is 3.05. The summed E-state index contributed by atoms with van der Waals surface area (Å²) in [6.07, 6.45) is 5.71. The fraction of sp³-hybridized carbons (Fsp3) is 1.00. The zero-order chi connectivity index (χ0) is 11.5. The van der Waals surface area contributed by atoms with Crippen LogP contribution in [0.4, 0.5) is 0 Å². The molecule has 1 rings (SSSR count). The first-order chi connectivity index (χ1) is 6.99. The van der Waals surface area contributed by atoms with Crippen molar-refractivity contribution in [1.29, 1.82) is 0 Å². The van der Waals surface area contributed by atoms with Crippen LogP contribution in [0.2, 0.25) is 0 Å². The molecule has 0 aromatic carbocycles. The molecule has 1 aliphatic carbocycles. The zero-order valence-corrected chi connectivity index (χ0v) is 11.3. The van der Waals surface area contributed by atoms with E-state index in [1.54, 1.807) is 0 Å². The third kappa shape index (κ3) is 3.48. The van der Waals surface area contributed by atoms with Crippen molar-refractivity contribution in [3.8, 4) is 0 Å². The minimum Gasteiger partial charge on any atom is -0.301 e.